The van der Waals surface area contributed by atoms with Crippen LogP contribution in [0.2, 0.25) is 0 Å². The molecule has 0 N–H and O–H groups in total. The van der Waals surface area contributed by atoms with E-state index in [0.29, 0.717) is 0 Å². The van der Waals surface area contributed by atoms with Gasteiger partial charge in [-0.1, -0.05) is 60.2 Å². The van der Waals surface area contributed by atoms with Gasteiger partial charge in [0.1, 0.15) is 0 Å². The Morgan fingerprint density at radius 1 is 0.733 bits per heavy atom. The van der Waals surface area contributed by atoms with Crippen LogP contribution in [0.3, 0.4) is 0 Å². The quantitative estimate of drug-likeness (QED) is 0.634. The van der Waals surface area contributed by atoms with Crippen molar-refractivity contribution in [1.82, 2.24) is 0 Å². The Bertz CT molecular complexity index is 412. The van der Waals surface area contributed by atoms with Crippen LogP contribution < -0.4 is 0 Å². The van der Waals surface area contributed by atoms with E-state index in [1.165, 1.54) is 16.7 Å². The SMILES string of the molecule is Cc1ccc(-c2ccccc2)cc1.[C-]#N. The zero-order valence-corrected chi connectivity index (χ0v) is 8.64. The summed E-state index contributed by atoms with van der Waals surface area (Å²) in [6.45, 7) is 6.86. The molecule has 74 valence electrons. The lowest BCUT2D eigenvalue weighted by Crippen LogP contribution is -1.76. The smallest absolute Gasteiger partial charge is 0.0184 e. The van der Waals surface area contributed by atoms with Gasteiger partial charge < -0.3 is 11.8 Å². The molecule has 2 rings (SSSR count). The molecule has 0 aliphatic heterocycles. The number of nitrogens with zero attached hydrogens (tertiary/aromatic N) is 1. The summed E-state index contributed by atoms with van der Waals surface area (Å²) in [5, 5.41) is 6.25. The number of hydrogen-bond acceptors (Lipinski definition) is 1. The second-order valence-electron chi connectivity index (χ2n) is 3.23. The molecule has 0 fully saturated rings. The molecule has 0 unspecified atom stereocenters. The minimum absolute atomic E-state index is 1.28. The van der Waals surface area contributed by atoms with Gasteiger partial charge in [0, 0.05) is 0 Å². The molecular formula is C14H12N-. The zero-order chi connectivity index (χ0) is 11.1. The van der Waals surface area contributed by atoms with E-state index >= 15 is 0 Å². The second kappa shape index (κ2) is 5.62. The van der Waals surface area contributed by atoms with Crippen LogP contribution in [0.15, 0.2) is 54.6 Å². The Labute approximate surface area is 90.6 Å². The summed E-state index contributed by atoms with van der Waals surface area (Å²) in [6, 6.07) is 19.0. The molecule has 0 atom stereocenters. The minimum Gasteiger partial charge on any atom is -0.512 e. The number of benzene rings is 2. The Hall–Kier alpha value is -2.07. The molecule has 0 saturated carbocycles. The van der Waals surface area contributed by atoms with Gasteiger partial charge in [-0.2, -0.15) is 0 Å². The minimum atomic E-state index is 1.28. The molecule has 2 aromatic carbocycles. The van der Waals surface area contributed by atoms with Crippen LogP contribution in [-0.2, 0) is 0 Å². The third kappa shape index (κ3) is 2.96. The van der Waals surface area contributed by atoms with E-state index in [-0.39, 0.29) is 0 Å². The maximum absolute atomic E-state index is 6.25. The van der Waals surface area contributed by atoms with Gasteiger partial charge in [0.2, 0.25) is 0 Å². The zero-order valence-electron chi connectivity index (χ0n) is 8.64. The van der Waals surface area contributed by atoms with Crippen molar-refractivity contribution in [1.29, 1.82) is 5.26 Å². The predicted octanol–water partition coefficient (Wildman–Crippen LogP) is 3.76. The monoisotopic (exact) mass is 194 g/mol. The molecule has 0 amide bonds. The highest BCUT2D eigenvalue weighted by Crippen LogP contribution is 2.18. The van der Waals surface area contributed by atoms with Crippen molar-refractivity contribution >= 4 is 0 Å². The highest BCUT2D eigenvalue weighted by molar-refractivity contribution is 5.63. The molecule has 0 bridgehead atoms. The van der Waals surface area contributed by atoms with Gasteiger partial charge in [0.05, 0.1) is 0 Å². The van der Waals surface area contributed by atoms with E-state index in [1.54, 1.807) is 0 Å². The lowest BCUT2D eigenvalue weighted by atomic mass is 10.0. The van der Waals surface area contributed by atoms with E-state index in [9.17, 15) is 0 Å². The van der Waals surface area contributed by atoms with Gasteiger partial charge in [0.25, 0.3) is 0 Å². The van der Waals surface area contributed by atoms with Crippen LogP contribution in [0.1, 0.15) is 5.56 Å². The summed E-state index contributed by atoms with van der Waals surface area (Å²) >= 11 is 0. The Morgan fingerprint density at radius 2 is 1.20 bits per heavy atom. The third-order valence-electron chi connectivity index (χ3n) is 2.16. The van der Waals surface area contributed by atoms with E-state index < -0.39 is 0 Å². The Kier molecular flexibility index (Phi) is 4.12. The second-order valence-corrected chi connectivity index (χ2v) is 3.23. The maximum atomic E-state index is 6.25. The number of aryl methyl sites for hydroxylation is 1. The summed E-state index contributed by atoms with van der Waals surface area (Å²) in [7, 11) is 0. The molecule has 0 heterocycles. The highest BCUT2D eigenvalue weighted by Gasteiger charge is 1.93. The van der Waals surface area contributed by atoms with Crippen LogP contribution in [0.5, 0.6) is 0 Å². The molecule has 2 aromatic rings. The maximum Gasteiger partial charge on any atom is -0.0184 e. The molecule has 0 radical (unpaired) electrons. The van der Waals surface area contributed by atoms with Gasteiger partial charge in [-0.15, -0.1) is 0 Å². The highest BCUT2D eigenvalue weighted by atomic mass is 14.2. The van der Waals surface area contributed by atoms with Crippen LogP contribution in [0.25, 0.3) is 11.1 Å². The molecule has 0 aliphatic rings. The molecule has 1 heteroatoms. The molecule has 15 heavy (non-hydrogen) atoms. The van der Waals surface area contributed by atoms with Crippen molar-refractivity contribution < 1.29 is 0 Å². The summed E-state index contributed by atoms with van der Waals surface area (Å²) in [6.07, 6.45) is 0. The Morgan fingerprint density at radius 3 is 1.73 bits per heavy atom. The molecular weight excluding hydrogens is 182 g/mol. The first-order valence-corrected chi connectivity index (χ1v) is 4.71. The fourth-order valence-electron chi connectivity index (χ4n) is 1.38. The lowest BCUT2D eigenvalue weighted by molar-refractivity contribution is 1.47. The largest absolute Gasteiger partial charge is 0.512 e. The molecule has 0 aliphatic carbocycles. The van der Waals surface area contributed by atoms with Crippen molar-refractivity contribution in [3.05, 3.63) is 66.7 Å². The van der Waals surface area contributed by atoms with Crippen molar-refractivity contribution in [2.45, 2.75) is 6.92 Å². The van der Waals surface area contributed by atoms with Crippen molar-refractivity contribution in [2.24, 2.45) is 0 Å². The topological polar surface area (TPSA) is 23.8 Å². The van der Waals surface area contributed by atoms with Gasteiger partial charge in [-0.3, -0.25) is 0 Å². The first kappa shape index (κ1) is 11.0. The van der Waals surface area contributed by atoms with Crippen LogP contribution >= 0.6 is 0 Å². The lowest BCUT2D eigenvalue weighted by Gasteiger charge is -2.00. The average molecular weight is 194 g/mol. The van der Waals surface area contributed by atoms with Crippen LogP contribution in [-0.4, -0.2) is 0 Å². The third-order valence-corrected chi connectivity index (χ3v) is 2.16. The van der Waals surface area contributed by atoms with Crippen molar-refractivity contribution in [3.63, 3.8) is 0 Å². The predicted molar refractivity (Wildman–Crippen MR) is 61.6 cm³/mol. The van der Waals surface area contributed by atoms with Crippen molar-refractivity contribution in [3.8, 4) is 11.1 Å². The molecule has 0 aromatic heterocycles. The number of rotatable bonds is 1. The van der Waals surface area contributed by atoms with E-state index in [1.807, 2.05) is 6.07 Å². The molecule has 0 saturated heterocycles. The average Bonchev–Trinajstić information content (AvgIpc) is 2.34. The molecule has 0 spiro atoms. The van der Waals surface area contributed by atoms with E-state index in [2.05, 4.69) is 55.5 Å². The van der Waals surface area contributed by atoms with Crippen molar-refractivity contribution in [2.75, 3.05) is 0 Å². The first-order chi connectivity index (χ1) is 7.36. The van der Waals surface area contributed by atoms with E-state index in [0.717, 1.165) is 0 Å². The summed E-state index contributed by atoms with van der Waals surface area (Å²) in [4.78, 5) is 0. The normalized spacial score (nSPS) is 8.73. The summed E-state index contributed by atoms with van der Waals surface area (Å²) < 4.78 is 0. The summed E-state index contributed by atoms with van der Waals surface area (Å²) in [5.41, 5.74) is 3.87. The Balaban J connectivity index is 0.000000531. The summed E-state index contributed by atoms with van der Waals surface area (Å²) in [5.74, 6) is 0. The standard InChI is InChI=1S/C13H12.CN/c1-11-7-9-13(10-8-11)12-5-3-2-4-6-12;1-2/h2-10H,1H3;/q;-1. The van der Waals surface area contributed by atoms with Gasteiger partial charge in [-0.25, -0.2) is 0 Å². The fourth-order valence-corrected chi connectivity index (χ4v) is 1.38. The first-order valence-electron chi connectivity index (χ1n) is 4.71. The number of hydrogen-bond donors (Lipinski definition) is 0. The molecule has 1 nitrogen and oxygen atoms in total. The fraction of sp³-hybridized carbons (Fsp3) is 0.0714. The van der Waals surface area contributed by atoms with Crippen LogP contribution in [0.4, 0.5) is 0 Å². The van der Waals surface area contributed by atoms with Gasteiger partial charge >= 0.3 is 0 Å². The van der Waals surface area contributed by atoms with Crippen LogP contribution in [0, 0.1) is 18.8 Å². The van der Waals surface area contributed by atoms with Gasteiger partial charge in [-0.05, 0) is 18.1 Å². The van der Waals surface area contributed by atoms with Gasteiger partial charge in [0.15, 0.2) is 0 Å². The van der Waals surface area contributed by atoms with E-state index in [4.69, 9.17) is 11.8 Å².